The van der Waals surface area contributed by atoms with Crippen LogP contribution >= 0.6 is 11.3 Å². The molecular formula is C20H23N3O2S. The molecule has 0 unspecified atom stereocenters. The van der Waals surface area contributed by atoms with Crippen LogP contribution in [0.3, 0.4) is 0 Å². The molecule has 0 amide bonds. The Morgan fingerprint density at radius 3 is 2.62 bits per heavy atom. The van der Waals surface area contributed by atoms with Gasteiger partial charge < -0.3 is 10.4 Å². The van der Waals surface area contributed by atoms with Crippen LogP contribution < -0.4 is 5.32 Å². The highest BCUT2D eigenvalue weighted by Gasteiger charge is 2.17. The molecule has 3 rings (SSSR count). The summed E-state index contributed by atoms with van der Waals surface area (Å²) in [5.41, 5.74) is 2.37. The highest BCUT2D eigenvalue weighted by molar-refractivity contribution is 7.19. The van der Waals surface area contributed by atoms with Crippen molar-refractivity contribution in [3.8, 4) is 11.1 Å². The smallest absolute Gasteiger partial charge is 0.303 e. The second-order valence-corrected chi connectivity index (χ2v) is 7.53. The zero-order valence-electron chi connectivity index (χ0n) is 15.1. The van der Waals surface area contributed by atoms with Gasteiger partial charge in [0.25, 0.3) is 0 Å². The minimum absolute atomic E-state index is 0.235. The molecule has 0 spiro atoms. The van der Waals surface area contributed by atoms with Crippen LogP contribution in [0.4, 0.5) is 5.82 Å². The average Bonchev–Trinajstić information content (AvgIpc) is 2.94. The fourth-order valence-corrected chi connectivity index (χ4v) is 4.17. The Bertz CT molecular complexity index is 906. The first-order chi connectivity index (χ1) is 12.6. The van der Waals surface area contributed by atoms with E-state index in [4.69, 9.17) is 5.11 Å². The molecule has 2 N–H and O–H groups in total. The number of hydrogen-bond acceptors (Lipinski definition) is 5. The van der Waals surface area contributed by atoms with Crippen molar-refractivity contribution in [2.45, 2.75) is 39.5 Å². The third-order valence-corrected chi connectivity index (χ3v) is 5.26. The second-order valence-electron chi connectivity index (χ2n) is 6.33. The number of thiophene rings is 1. The van der Waals surface area contributed by atoms with Crippen molar-refractivity contribution in [2.75, 3.05) is 11.9 Å². The molecule has 2 heterocycles. The predicted octanol–water partition coefficient (Wildman–Crippen LogP) is 5.03. The third-order valence-electron chi connectivity index (χ3n) is 4.26. The van der Waals surface area contributed by atoms with E-state index in [0.717, 1.165) is 41.2 Å². The van der Waals surface area contributed by atoms with Crippen molar-refractivity contribution in [3.05, 3.63) is 41.0 Å². The topological polar surface area (TPSA) is 75.1 Å². The minimum Gasteiger partial charge on any atom is -0.481 e. The lowest BCUT2D eigenvalue weighted by Gasteiger charge is -2.10. The van der Waals surface area contributed by atoms with Crippen molar-refractivity contribution >= 4 is 33.3 Å². The van der Waals surface area contributed by atoms with Gasteiger partial charge in [-0.1, -0.05) is 36.8 Å². The number of unbranched alkanes of at least 4 members (excludes halogenated alkanes) is 2. The highest BCUT2D eigenvalue weighted by atomic mass is 32.1. The van der Waals surface area contributed by atoms with Crippen molar-refractivity contribution in [3.63, 3.8) is 0 Å². The lowest BCUT2D eigenvalue weighted by Crippen LogP contribution is -2.06. The summed E-state index contributed by atoms with van der Waals surface area (Å²) in [6, 6.07) is 10.3. The van der Waals surface area contributed by atoms with Crippen LogP contribution in [0.2, 0.25) is 0 Å². The van der Waals surface area contributed by atoms with Gasteiger partial charge in [0, 0.05) is 23.4 Å². The Hall–Kier alpha value is -2.47. The fraction of sp³-hybridized carbons (Fsp3) is 0.350. The van der Waals surface area contributed by atoms with Crippen molar-refractivity contribution < 1.29 is 9.90 Å². The molecule has 0 radical (unpaired) electrons. The molecule has 3 aromatic rings. The molecule has 6 heteroatoms. The van der Waals surface area contributed by atoms with Crippen LogP contribution in [0.15, 0.2) is 30.3 Å². The molecule has 0 fully saturated rings. The Morgan fingerprint density at radius 1 is 1.12 bits per heavy atom. The number of fused-ring (bicyclic) bond motifs is 1. The largest absolute Gasteiger partial charge is 0.481 e. The van der Waals surface area contributed by atoms with E-state index in [9.17, 15) is 4.79 Å². The van der Waals surface area contributed by atoms with Gasteiger partial charge in [-0.2, -0.15) is 0 Å². The van der Waals surface area contributed by atoms with Gasteiger partial charge in [0.05, 0.1) is 5.39 Å². The van der Waals surface area contributed by atoms with Gasteiger partial charge in [-0.25, -0.2) is 9.97 Å². The van der Waals surface area contributed by atoms with Gasteiger partial charge in [-0.3, -0.25) is 4.79 Å². The van der Waals surface area contributed by atoms with Crippen LogP contribution in [-0.2, 0) is 4.79 Å². The van der Waals surface area contributed by atoms with Crippen molar-refractivity contribution in [1.29, 1.82) is 0 Å². The summed E-state index contributed by atoms with van der Waals surface area (Å²) >= 11 is 1.70. The maximum atomic E-state index is 10.6. The second kappa shape index (κ2) is 8.27. The maximum Gasteiger partial charge on any atom is 0.303 e. The van der Waals surface area contributed by atoms with E-state index in [-0.39, 0.29) is 6.42 Å². The summed E-state index contributed by atoms with van der Waals surface area (Å²) in [4.78, 5) is 22.1. The monoisotopic (exact) mass is 369 g/mol. The van der Waals surface area contributed by atoms with E-state index in [1.165, 1.54) is 16.0 Å². The Kier molecular flexibility index (Phi) is 5.83. The molecule has 136 valence electrons. The van der Waals surface area contributed by atoms with E-state index < -0.39 is 5.97 Å². The number of nitrogens with one attached hydrogen (secondary N) is 1. The first-order valence-electron chi connectivity index (χ1n) is 8.85. The molecule has 0 atom stereocenters. The number of carboxylic acids is 1. The quantitative estimate of drug-likeness (QED) is 0.545. The molecule has 1 aromatic carbocycles. The number of carbonyl (C=O) groups is 1. The van der Waals surface area contributed by atoms with E-state index in [1.54, 1.807) is 11.3 Å². The molecular weight excluding hydrogens is 346 g/mol. The molecule has 2 aromatic heterocycles. The number of aryl methyl sites for hydroxylation is 2. The van der Waals surface area contributed by atoms with Gasteiger partial charge >= 0.3 is 5.97 Å². The minimum atomic E-state index is -0.729. The number of nitrogens with zero attached hydrogens (tertiary/aromatic N) is 2. The van der Waals surface area contributed by atoms with Crippen molar-refractivity contribution in [1.82, 2.24) is 9.97 Å². The molecule has 0 aliphatic rings. The first-order valence-corrected chi connectivity index (χ1v) is 9.66. The average molecular weight is 369 g/mol. The molecule has 0 aliphatic carbocycles. The Morgan fingerprint density at radius 2 is 1.88 bits per heavy atom. The molecule has 5 nitrogen and oxygen atoms in total. The van der Waals surface area contributed by atoms with Crippen LogP contribution in [-0.4, -0.2) is 27.6 Å². The van der Waals surface area contributed by atoms with Crippen molar-refractivity contribution in [2.24, 2.45) is 0 Å². The fourth-order valence-electron chi connectivity index (χ4n) is 3.08. The lowest BCUT2D eigenvalue weighted by molar-refractivity contribution is -0.137. The third kappa shape index (κ3) is 4.19. The maximum absolute atomic E-state index is 10.6. The first kappa shape index (κ1) is 18.3. The number of aromatic nitrogens is 2. The number of benzene rings is 1. The molecule has 0 saturated carbocycles. The predicted molar refractivity (Wildman–Crippen MR) is 107 cm³/mol. The summed E-state index contributed by atoms with van der Waals surface area (Å²) in [5.74, 6) is 0.896. The molecule has 26 heavy (non-hydrogen) atoms. The number of aliphatic carboxylic acids is 1. The Balaban J connectivity index is 1.84. The van der Waals surface area contributed by atoms with Gasteiger partial charge in [-0.05, 0) is 32.3 Å². The SMILES string of the molecule is Cc1nc(NCCCCCC(=O)O)c2c(-c3ccccc3)c(C)sc2n1. The number of rotatable bonds is 8. The summed E-state index contributed by atoms with van der Waals surface area (Å²) in [6.45, 7) is 4.81. The zero-order valence-corrected chi connectivity index (χ0v) is 15.9. The molecule has 0 saturated heterocycles. The van der Waals surface area contributed by atoms with Gasteiger partial charge in [0.15, 0.2) is 0 Å². The van der Waals surface area contributed by atoms with Crippen LogP contribution in [0.5, 0.6) is 0 Å². The van der Waals surface area contributed by atoms with Gasteiger partial charge in [0.2, 0.25) is 0 Å². The lowest BCUT2D eigenvalue weighted by atomic mass is 10.0. The van der Waals surface area contributed by atoms with Crippen LogP contribution in [0.1, 0.15) is 36.4 Å². The summed E-state index contributed by atoms with van der Waals surface area (Å²) in [6.07, 6.45) is 2.75. The summed E-state index contributed by atoms with van der Waals surface area (Å²) in [5, 5.41) is 13.2. The molecule has 0 aliphatic heterocycles. The van der Waals surface area contributed by atoms with Gasteiger partial charge in [0.1, 0.15) is 16.5 Å². The standard InChI is InChI=1S/C20H23N3O2S/c1-13-17(15-9-5-3-6-10-15)18-19(22-14(2)23-20(18)26-13)21-12-8-4-7-11-16(24)25/h3,5-6,9-10H,4,7-8,11-12H2,1-2H3,(H,24,25)(H,21,22,23). The summed E-state index contributed by atoms with van der Waals surface area (Å²) in [7, 11) is 0. The Labute approximate surface area is 157 Å². The molecule has 0 bridgehead atoms. The highest BCUT2D eigenvalue weighted by Crippen LogP contribution is 2.40. The normalized spacial score (nSPS) is 11.0. The van der Waals surface area contributed by atoms with Crippen LogP contribution in [0, 0.1) is 13.8 Å². The number of hydrogen-bond donors (Lipinski definition) is 2. The summed E-state index contributed by atoms with van der Waals surface area (Å²) < 4.78 is 0. The van der Waals surface area contributed by atoms with E-state index in [2.05, 4.69) is 34.3 Å². The number of anilines is 1. The van der Waals surface area contributed by atoms with E-state index in [0.29, 0.717) is 6.42 Å². The van der Waals surface area contributed by atoms with Crippen LogP contribution in [0.25, 0.3) is 21.3 Å². The van der Waals surface area contributed by atoms with Gasteiger partial charge in [-0.15, -0.1) is 11.3 Å². The number of carboxylic acid groups (broad SMARTS) is 1. The van der Waals surface area contributed by atoms with E-state index in [1.807, 2.05) is 25.1 Å². The zero-order chi connectivity index (χ0) is 18.5. The van der Waals surface area contributed by atoms with E-state index >= 15 is 0 Å².